The molecule has 0 fully saturated rings. The second-order valence-electron chi connectivity index (χ2n) is 9.99. The van der Waals surface area contributed by atoms with Crippen molar-refractivity contribution >= 4 is 27.7 Å². The molecule has 0 aliphatic carbocycles. The highest BCUT2D eigenvalue weighted by molar-refractivity contribution is 7.89. The van der Waals surface area contributed by atoms with Crippen molar-refractivity contribution in [3.8, 4) is 0 Å². The Morgan fingerprint density at radius 2 is 1.45 bits per heavy atom. The summed E-state index contributed by atoms with van der Waals surface area (Å²) in [5, 5.41) is 16.7. The molecule has 0 saturated carbocycles. The van der Waals surface area contributed by atoms with Gasteiger partial charge in [0.1, 0.15) is 6.61 Å². The molecule has 0 aliphatic heterocycles. The van der Waals surface area contributed by atoms with E-state index in [1.165, 1.54) is 35.5 Å². The molecule has 10 heteroatoms. The number of carbonyl (C=O) groups is 2. The Balaban J connectivity index is 1.79. The first-order valence-electron chi connectivity index (χ1n) is 13.1. The van der Waals surface area contributed by atoms with E-state index in [2.05, 4.69) is 10.6 Å². The summed E-state index contributed by atoms with van der Waals surface area (Å²) in [6, 6.07) is 23.6. The van der Waals surface area contributed by atoms with E-state index in [0.717, 1.165) is 11.1 Å². The molecule has 3 rings (SSSR count). The number of anilines is 1. The highest BCUT2D eigenvalue weighted by Crippen LogP contribution is 2.21. The fourth-order valence-corrected chi connectivity index (χ4v) is 5.77. The Morgan fingerprint density at radius 1 is 0.875 bits per heavy atom. The summed E-state index contributed by atoms with van der Waals surface area (Å²) in [6.07, 6.45) is -1.68. The fraction of sp³-hybridized carbons (Fsp3) is 0.333. The maximum absolute atomic E-state index is 13.6. The van der Waals surface area contributed by atoms with Crippen LogP contribution in [0.15, 0.2) is 89.8 Å². The normalized spacial score (nSPS) is 13.1. The van der Waals surface area contributed by atoms with Crippen LogP contribution < -0.4 is 10.6 Å². The van der Waals surface area contributed by atoms with E-state index in [9.17, 15) is 23.1 Å². The van der Waals surface area contributed by atoms with E-state index < -0.39 is 28.3 Å². The van der Waals surface area contributed by atoms with Crippen molar-refractivity contribution in [3.63, 3.8) is 0 Å². The molecule has 2 atom stereocenters. The molecular weight excluding hydrogens is 530 g/mol. The Hall–Kier alpha value is -3.73. The smallest absolute Gasteiger partial charge is 0.407 e. The topological polar surface area (TPSA) is 125 Å². The Labute approximate surface area is 236 Å². The molecule has 3 aromatic rings. The summed E-state index contributed by atoms with van der Waals surface area (Å²) in [7, 11) is -4.00. The van der Waals surface area contributed by atoms with E-state index in [0.29, 0.717) is 5.69 Å². The molecule has 0 heterocycles. The lowest BCUT2D eigenvalue weighted by atomic mass is 10.0. The van der Waals surface area contributed by atoms with Gasteiger partial charge in [-0.05, 0) is 47.7 Å². The minimum absolute atomic E-state index is 0.0306. The molecule has 0 radical (unpaired) electrons. The van der Waals surface area contributed by atoms with Gasteiger partial charge in [-0.25, -0.2) is 13.2 Å². The van der Waals surface area contributed by atoms with Gasteiger partial charge in [0.05, 0.1) is 17.0 Å². The van der Waals surface area contributed by atoms with Gasteiger partial charge in [-0.1, -0.05) is 74.5 Å². The number of carbonyl (C=O) groups excluding carboxylic acids is 2. The SMILES string of the molecule is CC(=O)Nc1ccc(S(=O)(=O)N(CC(C)C)C[C@@H](O)[C@H](Cc2ccccc2)NC(=O)OCc2ccccc2)cc1. The number of rotatable bonds is 13. The number of nitrogens with zero attached hydrogens (tertiary/aromatic N) is 1. The number of nitrogens with one attached hydrogen (secondary N) is 2. The van der Waals surface area contributed by atoms with Gasteiger partial charge in [0.15, 0.2) is 0 Å². The van der Waals surface area contributed by atoms with Gasteiger partial charge in [0.25, 0.3) is 0 Å². The highest BCUT2D eigenvalue weighted by atomic mass is 32.2. The summed E-state index contributed by atoms with van der Waals surface area (Å²) in [5.74, 6) is -0.295. The lowest BCUT2D eigenvalue weighted by Crippen LogP contribution is -2.51. The number of amides is 2. The van der Waals surface area contributed by atoms with Crippen LogP contribution in [0.2, 0.25) is 0 Å². The van der Waals surface area contributed by atoms with Crippen LogP contribution in [-0.4, -0.2) is 55.1 Å². The largest absolute Gasteiger partial charge is 0.445 e. The van der Waals surface area contributed by atoms with Crippen LogP contribution in [0, 0.1) is 5.92 Å². The maximum Gasteiger partial charge on any atom is 0.407 e. The number of sulfonamides is 1. The third-order valence-electron chi connectivity index (χ3n) is 6.05. The number of aliphatic hydroxyl groups is 1. The molecule has 3 aromatic carbocycles. The lowest BCUT2D eigenvalue weighted by molar-refractivity contribution is -0.114. The highest BCUT2D eigenvalue weighted by Gasteiger charge is 2.31. The first kappa shape index (κ1) is 30.8. The molecule has 3 N–H and O–H groups in total. The second kappa shape index (κ2) is 14.6. The zero-order chi connectivity index (χ0) is 29.1. The minimum Gasteiger partial charge on any atom is -0.445 e. The van der Waals surface area contributed by atoms with Crippen LogP contribution in [0.4, 0.5) is 10.5 Å². The van der Waals surface area contributed by atoms with Crippen molar-refractivity contribution in [2.24, 2.45) is 5.92 Å². The molecule has 0 saturated heterocycles. The Kier molecular flexibility index (Phi) is 11.2. The van der Waals surface area contributed by atoms with Crippen LogP contribution in [0.1, 0.15) is 31.9 Å². The predicted molar refractivity (Wildman–Crippen MR) is 154 cm³/mol. The summed E-state index contributed by atoms with van der Waals surface area (Å²) < 4.78 is 33.8. The monoisotopic (exact) mass is 567 g/mol. The molecule has 214 valence electrons. The predicted octanol–water partition coefficient (Wildman–Crippen LogP) is 4.19. The van der Waals surface area contributed by atoms with Gasteiger partial charge >= 0.3 is 6.09 Å². The van der Waals surface area contributed by atoms with E-state index in [4.69, 9.17) is 4.74 Å². The summed E-state index contributed by atoms with van der Waals surface area (Å²) in [4.78, 5) is 24.1. The molecule has 0 aromatic heterocycles. The Bertz CT molecular complexity index is 1330. The number of hydrogen-bond acceptors (Lipinski definition) is 6. The van der Waals surface area contributed by atoms with Gasteiger partial charge in [-0.2, -0.15) is 4.31 Å². The maximum atomic E-state index is 13.6. The first-order valence-corrected chi connectivity index (χ1v) is 14.6. The van der Waals surface area contributed by atoms with Crippen molar-refractivity contribution in [2.45, 2.75) is 50.8 Å². The first-order chi connectivity index (χ1) is 19.0. The minimum atomic E-state index is -4.00. The average molecular weight is 568 g/mol. The molecule has 9 nitrogen and oxygen atoms in total. The molecular formula is C30H37N3O6S. The zero-order valence-corrected chi connectivity index (χ0v) is 23.8. The van der Waals surface area contributed by atoms with Crippen LogP contribution in [-0.2, 0) is 32.6 Å². The van der Waals surface area contributed by atoms with E-state index in [1.807, 2.05) is 74.5 Å². The number of aliphatic hydroxyl groups excluding tert-OH is 1. The van der Waals surface area contributed by atoms with Crippen molar-refractivity contribution < 1.29 is 27.9 Å². The lowest BCUT2D eigenvalue weighted by Gasteiger charge is -2.30. The van der Waals surface area contributed by atoms with Crippen molar-refractivity contribution in [1.82, 2.24) is 9.62 Å². The summed E-state index contributed by atoms with van der Waals surface area (Å²) >= 11 is 0. The average Bonchev–Trinajstić information content (AvgIpc) is 2.92. The molecule has 2 amide bonds. The number of benzene rings is 3. The van der Waals surface area contributed by atoms with Gasteiger partial charge in [0, 0.05) is 25.7 Å². The zero-order valence-electron chi connectivity index (χ0n) is 23.0. The summed E-state index contributed by atoms with van der Waals surface area (Å²) in [5.41, 5.74) is 2.15. The van der Waals surface area contributed by atoms with Crippen molar-refractivity contribution in [2.75, 3.05) is 18.4 Å². The Morgan fingerprint density at radius 3 is 2.00 bits per heavy atom. The molecule has 0 spiro atoms. The van der Waals surface area contributed by atoms with Crippen molar-refractivity contribution in [3.05, 3.63) is 96.1 Å². The van der Waals surface area contributed by atoms with Gasteiger partial charge in [0.2, 0.25) is 15.9 Å². The molecule has 0 bridgehead atoms. The van der Waals surface area contributed by atoms with Gasteiger partial charge < -0.3 is 20.5 Å². The third-order valence-corrected chi connectivity index (χ3v) is 7.90. The van der Waals surface area contributed by atoms with E-state index in [1.54, 1.807) is 0 Å². The molecule has 0 aliphatic rings. The third kappa shape index (κ3) is 9.48. The van der Waals surface area contributed by atoms with E-state index in [-0.39, 0.29) is 42.8 Å². The van der Waals surface area contributed by atoms with E-state index >= 15 is 0 Å². The fourth-order valence-electron chi connectivity index (χ4n) is 4.14. The number of alkyl carbamates (subject to hydrolysis) is 1. The van der Waals surface area contributed by atoms with Crippen LogP contribution >= 0.6 is 0 Å². The standard InChI is InChI=1S/C30H37N3O6S/c1-22(2)19-33(40(37,38)27-16-14-26(15-17-27)31-23(3)34)20-29(35)28(18-24-10-6-4-7-11-24)32-30(36)39-21-25-12-8-5-9-13-25/h4-17,22,28-29,35H,18-21H2,1-3H3,(H,31,34)(H,32,36)/t28-,29+/m0/s1. The quantitative estimate of drug-likeness (QED) is 0.285. The van der Waals surface area contributed by atoms with Gasteiger partial charge in [-0.15, -0.1) is 0 Å². The molecule has 0 unspecified atom stereocenters. The number of hydrogen-bond donors (Lipinski definition) is 3. The van der Waals surface area contributed by atoms with Crippen LogP contribution in [0.5, 0.6) is 0 Å². The molecule has 40 heavy (non-hydrogen) atoms. The van der Waals surface area contributed by atoms with Gasteiger partial charge in [-0.3, -0.25) is 4.79 Å². The second-order valence-corrected chi connectivity index (χ2v) is 11.9. The van der Waals surface area contributed by atoms with Crippen molar-refractivity contribution in [1.29, 1.82) is 0 Å². The van der Waals surface area contributed by atoms with Crippen LogP contribution in [0.25, 0.3) is 0 Å². The number of ether oxygens (including phenoxy) is 1. The summed E-state index contributed by atoms with van der Waals surface area (Å²) in [6.45, 7) is 5.11. The van der Waals surface area contributed by atoms with Crippen LogP contribution in [0.3, 0.4) is 0 Å².